The van der Waals surface area contributed by atoms with Crippen molar-refractivity contribution in [1.29, 1.82) is 0 Å². The van der Waals surface area contributed by atoms with Crippen molar-refractivity contribution in [2.75, 3.05) is 19.5 Å². The Morgan fingerprint density at radius 2 is 1.61 bits per heavy atom. The number of amides is 2. The van der Waals surface area contributed by atoms with Crippen molar-refractivity contribution in [3.8, 4) is 11.5 Å². The highest BCUT2D eigenvalue weighted by molar-refractivity contribution is 6.31. The first-order valence-electron chi connectivity index (χ1n) is 9.22. The van der Waals surface area contributed by atoms with Gasteiger partial charge in [-0.25, -0.2) is 5.43 Å². The molecule has 158 valence electrons. The van der Waals surface area contributed by atoms with Gasteiger partial charge in [0, 0.05) is 21.8 Å². The Morgan fingerprint density at radius 1 is 0.871 bits per heavy atom. The molecular formula is C23H20ClN3O4. The third kappa shape index (κ3) is 5.83. The zero-order valence-electron chi connectivity index (χ0n) is 16.9. The van der Waals surface area contributed by atoms with Crippen LogP contribution in [0.3, 0.4) is 0 Å². The molecule has 0 heterocycles. The van der Waals surface area contributed by atoms with Gasteiger partial charge in [0.05, 0.1) is 20.4 Å². The van der Waals surface area contributed by atoms with Crippen LogP contribution < -0.4 is 20.2 Å². The maximum absolute atomic E-state index is 12.3. The molecule has 0 saturated heterocycles. The smallest absolute Gasteiger partial charge is 0.271 e. The van der Waals surface area contributed by atoms with E-state index >= 15 is 0 Å². The van der Waals surface area contributed by atoms with E-state index in [0.717, 1.165) is 5.56 Å². The number of benzene rings is 3. The molecule has 0 aliphatic rings. The third-order valence-corrected chi connectivity index (χ3v) is 4.51. The van der Waals surface area contributed by atoms with E-state index in [1.807, 2.05) is 0 Å². The average molecular weight is 438 g/mol. The summed E-state index contributed by atoms with van der Waals surface area (Å²) in [6.45, 7) is 0. The van der Waals surface area contributed by atoms with Gasteiger partial charge in [0.15, 0.2) is 11.5 Å². The summed E-state index contributed by atoms with van der Waals surface area (Å²) in [5.74, 6) is 0.489. The van der Waals surface area contributed by atoms with E-state index < -0.39 is 0 Å². The normalized spacial score (nSPS) is 10.5. The fourth-order valence-corrected chi connectivity index (χ4v) is 2.89. The average Bonchev–Trinajstić information content (AvgIpc) is 2.79. The highest BCUT2D eigenvalue weighted by atomic mass is 35.5. The largest absolute Gasteiger partial charge is 0.493 e. The Balaban J connectivity index is 1.59. The number of nitrogens with zero attached hydrogens (tertiary/aromatic N) is 1. The standard InChI is InChI=1S/C23H20ClN3O4/c1-30-20-11-6-15(12-21(20)31-2)14-25-27-23(29)16-7-9-19(10-8-16)26-22(28)17-4-3-5-18(24)13-17/h3-14H,1-2H3,(H,26,28)(H,27,29)/b25-14+. The van der Waals surface area contributed by atoms with Crippen molar-refractivity contribution in [3.63, 3.8) is 0 Å². The molecule has 0 aliphatic carbocycles. The number of methoxy groups -OCH3 is 2. The first-order valence-corrected chi connectivity index (χ1v) is 9.60. The first-order chi connectivity index (χ1) is 15.0. The molecule has 0 spiro atoms. The summed E-state index contributed by atoms with van der Waals surface area (Å²) in [6, 6.07) is 18.4. The number of nitrogens with one attached hydrogen (secondary N) is 2. The number of anilines is 1. The van der Waals surface area contributed by atoms with Gasteiger partial charge in [0.25, 0.3) is 11.8 Å². The van der Waals surface area contributed by atoms with Gasteiger partial charge in [0.2, 0.25) is 0 Å². The summed E-state index contributed by atoms with van der Waals surface area (Å²) < 4.78 is 10.4. The van der Waals surface area contributed by atoms with E-state index in [1.165, 1.54) is 6.21 Å². The molecule has 2 N–H and O–H groups in total. The van der Waals surface area contributed by atoms with Crippen molar-refractivity contribution in [2.24, 2.45) is 5.10 Å². The number of hydrazone groups is 1. The molecule has 0 aliphatic heterocycles. The highest BCUT2D eigenvalue weighted by Gasteiger charge is 2.08. The second-order valence-corrected chi connectivity index (χ2v) is 6.79. The predicted octanol–water partition coefficient (Wildman–Crippen LogP) is 4.37. The molecule has 0 bridgehead atoms. The van der Waals surface area contributed by atoms with Crippen LogP contribution in [-0.4, -0.2) is 32.2 Å². The first kappa shape index (κ1) is 21.9. The second-order valence-electron chi connectivity index (χ2n) is 6.36. The summed E-state index contributed by atoms with van der Waals surface area (Å²) in [4.78, 5) is 24.5. The van der Waals surface area contributed by atoms with Gasteiger partial charge in [-0.05, 0) is 66.2 Å². The van der Waals surface area contributed by atoms with Crippen molar-refractivity contribution in [1.82, 2.24) is 5.43 Å². The van der Waals surface area contributed by atoms with E-state index in [1.54, 1.807) is 80.9 Å². The molecule has 8 heteroatoms. The fourth-order valence-electron chi connectivity index (χ4n) is 2.70. The van der Waals surface area contributed by atoms with Crippen LogP contribution in [-0.2, 0) is 0 Å². The Hall–Kier alpha value is -3.84. The number of ether oxygens (including phenoxy) is 2. The molecule has 2 amide bonds. The van der Waals surface area contributed by atoms with Crippen LogP contribution in [0, 0.1) is 0 Å². The van der Waals surface area contributed by atoms with Crippen LogP contribution in [0.1, 0.15) is 26.3 Å². The lowest BCUT2D eigenvalue weighted by Gasteiger charge is -2.07. The van der Waals surface area contributed by atoms with Crippen molar-refractivity contribution < 1.29 is 19.1 Å². The molecule has 0 fully saturated rings. The predicted molar refractivity (Wildman–Crippen MR) is 120 cm³/mol. The number of halogens is 1. The molecule has 0 radical (unpaired) electrons. The van der Waals surface area contributed by atoms with Crippen LogP contribution in [0.2, 0.25) is 5.02 Å². The molecule has 3 aromatic rings. The molecule has 0 saturated carbocycles. The summed E-state index contributed by atoms with van der Waals surface area (Å²) in [5, 5.41) is 7.20. The lowest BCUT2D eigenvalue weighted by atomic mass is 10.1. The minimum Gasteiger partial charge on any atom is -0.493 e. The van der Waals surface area contributed by atoms with E-state index in [0.29, 0.717) is 33.3 Å². The van der Waals surface area contributed by atoms with Gasteiger partial charge >= 0.3 is 0 Å². The highest BCUT2D eigenvalue weighted by Crippen LogP contribution is 2.26. The number of rotatable bonds is 7. The maximum atomic E-state index is 12.3. The van der Waals surface area contributed by atoms with E-state index in [9.17, 15) is 9.59 Å². The minimum absolute atomic E-state index is 0.292. The van der Waals surface area contributed by atoms with Gasteiger partial charge in [-0.15, -0.1) is 0 Å². The van der Waals surface area contributed by atoms with Crippen LogP contribution in [0.25, 0.3) is 0 Å². The van der Waals surface area contributed by atoms with Gasteiger partial charge in [-0.2, -0.15) is 5.10 Å². The summed E-state index contributed by atoms with van der Waals surface area (Å²) >= 11 is 5.91. The molecular weight excluding hydrogens is 418 g/mol. The van der Waals surface area contributed by atoms with Crippen LogP contribution in [0.5, 0.6) is 11.5 Å². The molecule has 0 atom stereocenters. The van der Waals surface area contributed by atoms with Gasteiger partial charge in [-0.3, -0.25) is 9.59 Å². The number of hydrogen-bond acceptors (Lipinski definition) is 5. The van der Waals surface area contributed by atoms with Crippen LogP contribution in [0.4, 0.5) is 5.69 Å². The van der Waals surface area contributed by atoms with Crippen molar-refractivity contribution in [2.45, 2.75) is 0 Å². The Morgan fingerprint density at radius 3 is 2.29 bits per heavy atom. The summed E-state index contributed by atoms with van der Waals surface area (Å²) in [6.07, 6.45) is 1.50. The molecule has 3 aromatic carbocycles. The second kappa shape index (κ2) is 10.3. The van der Waals surface area contributed by atoms with Gasteiger partial charge < -0.3 is 14.8 Å². The Labute approximate surface area is 184 Å². The third-order valence-electron chi connectivity index (χ3n) is 4.28. The number of hydrogen-bond donors (Lipinski definition) is 2. The zero-order chi connectivity index (χ0) is 22.2. The fraction of sp³-hybridized carbons (Fsp3) is 0.0870. The van der Waals surface area contributed by atoms with Crippen molar-refractivity contribution >= 4 is 35.3 Å². The maximum Gasteiger partial charge on any atom is 0.271 e. The van der Waals surface area contributed by atoms with Gasteiger partial charge in [0.1, 0.15) is 0 Å². The lowest BCUT2D eigenvalue weighted by molar-refractivity contribution is 0.0954. The van der Waals surface area contributed by atoms with Gasteiger partial charge in [-0.1, -0.05) is 17.7 Å². The lowest BCUT2D eigenvalue weighted by Crippen LogP contribution is -2.18. The van der Waals surface area contributed by atoms with Crippen molar-refractivity contribution in [3.05, 3.63) is 88.4 Å². The molecule has 0 unspecified atom stereocenters. The molecule has 7 nitrogen and oxygen atoms in total. The van der Waals surface area contributed by atoms with Crippen LogP contribution in [0.15, 0.2) is 71.8 Å². The topological polar surface area (TPSA) is 89.0 Å². The van der Waals surface area contributed by atoms with Crippen LogP contribution >= 0.6 is 11.6 Å². The monoisotopic (exact) mass is 437 g/mol. The number of carbonyl (C=O) groups is 2. The zero-order valence-corrected chi connectivity index (χ0v) is 17.6. The number of carbonyl (C=O) groups excluding carboxylic acids is 2. The molecule has 0 aromatic heterocycles. The Bertz CT molecular complexity index is 1110. The minimum atomic E-state index is -0.385. The van der Waals surface area contributed by atoms with E-state index in [2.05, 4.69) is 15.8 Å². The van der Waals surface area contributed by atoms with E-state index in [4.69, 9.17) is 21.1 Å². The molecule has 31 heavy (non-hydrogen) atoms. The SMILES string of the molecule is COc1ccc(/C=N/NC(=O)c2ccc(NC(=O)c3cccc(Cl)c3)cc2)cc1OC. The molecule has 3 rings (SSSR count). The summed E-state index contributed by atoms with van der Waals surface area (Å²) in [5.41, 5.74) is 4.58. The quantitative estimate of drug-likeness (QED) is 0.424. The Kier molecular flexibility index (Phi) is 7.24. The van der Waals surface area contributed by atoms with E-state index in [-0.39, 0.29) is 11.8 Å². The summed E-state index contributed by atoms with van der Waals surface area (Å²) in [7, 11) is 3.10.